The molecule has 1 fully saturated rings. The second-order valence-electron chi connectivity index (χ2n) is 4.90. The number of carbonyl (C=O) groups excluding carboxylic acids is 2. The monoisotopic (exact) mass is 229 g/mol. The third-order valence-electron chi connectivity index (χ3n) is 3.57. The number of benzene rings is 1. The lowest BCUT2D eigenvalue weighted by molar-refractivity contribution is -0.122. The number of fused-ring (bicyclic) bond motifs is 1. The van der Waals surface area contributed by atoms with Crippen LogP contribution in [0.5, 0.6) is 0 Å². The van der Waals surface area contributed by atoms with Crippen LogP contribution in [0.25, 0.3) is 0 Å². The van der Waals surface area contributed by atoms with E-state index in [-0.39, 0.29) is 23.7 Å². The van der Waals surface area contributed by atoms with E-state index in [1.807, 2.05) is 24.3 Å². The molecule has 3 rings (SSSR count). The molecule has 1 atom stereocenters. The van der Waals surface area contributed by atoms with Crippen molar-refractivity contribution in [2.45, 2.75) is 31.7 Å². The van der Waals surface area contributed by atoms with E-state index in [0.29, 0.717) is 0 Å². The minimum absolute atomic E-state index is 0.0581. The predicted molar refractivity (Wildman–Crippen MR) is 63.7 cm³/mol. The largest absolute Gasteiger partial charge is 0.346 e. The molecule has 88 valence electrons. The second-order valence-corrected chi connectivity index (χ2v) is 4.90. The smallest absolute Gasteiger partial charge is 0.223 e. The van der Waals surface area contributed by atoms with Crippen molar-refractivity contribution in [1.82, 2.24) is 5.32 Å². The molecule has 1 aromatic rings. The van der Waals surface area contributed by atoms with E-state index in [0.717, 1.165) is 36.8 Å². The van der Waals surface area contributed by atoms with Crippen LogP contribution in [-0.2, 0) is 11.2 Å². The van der Waals surface area contributed by atoms with Crippen LogP contribution < -0.4 is 5.32 Å². The van der Waals surface area contributed by atoms with Crippen molar-refractivity contribution in [3.8, 4) is 0 Å². The highest BCUT2D eigenvalue weighted by atomic mass is 16.2. The molecule has 1 amide bonds. The third kappa shape index (κ3) is 1.97. The first-order valence-corrected chi connectivity index (χ1v) is 6.18. The Morgan fingerprint density at radius 1 is 1.18 bits per heavy atom. The molecule has 0 spiro atoms. The van der Waals surface area contributed by atoms with E-state index < -0.39 is 0 Å². The highest BCUT2D eigenvalue weighted by Crippen LogP contribution is 2.29. The third-order valence-corrected chi connectivity index (χ3v) is 3.57. The molecule has 0 heterocycles. The van der Waals surface area contributed by atoms with Crippen LogP contribution >= 0.6 is 0 Å². The van der Waals surface area contributed by atoms with Crippen LogP contribution in [0.4, 0.5) is 0 Å². The number of hydrogen-bond donors (Lipinski definition) is 1. The molecular weight excluding hydrogens is 214 g/mol. The van der Waals surface area contributed by atoms with Gasteiger partial charge in [0.1, 0.15) is 0 Å². The van der Waals surface area contributed by atoms with Gasteiger partial charge in [-0.25, -0.2) is 0 Å². The average molecular weight is 229 g/mol. The highest BCUT2D eigenvalue weighted by molar-refractivity contribution is 6.04. The maximum Gasteiger partial charge on any atom is 0.223 e. The predicted octanol–water partition coefficient (Wildman–Crippen LogP) is 1.71. The molecule has 3 nitrogen and oxygen atoms in total. The lowest BCUT2D eigenvalue weighted by Crippen LogP contribution is -2.44. The molecular formula is C14H15NO2. The summed E-state index contributed by atoms with van der Waals surface area (Å²) >= 11 is 0. The summed E-state index contributed by atoms with van der Waals surface area (Å²) < 4.78 is 0. The summed E-state index contributed by atoms with van der Waals surface area (Å²) in [5, 5.41) is 2.88. The number of rotatable bonds is 2. The van der Waals surface area contributed by atoms with Gasteiger partial charge < -0.3 is 5.32 Å². The lowest BCUT2D eigenvalue weighted by Gasteiger charge is -2.24. The molecule has 0 radical (unpaired) electrons. The summed E-state index contributed by atoms with van der Waals surface area (Å²) in [5.74, 6) is 0.295. The zero-order valence-corrected chi connectivity index (χ0v) is 9.61. The van der Waals surface area contributed by atoms with Gasteiger partial charge in [0.05, 0.1) is 6.04 Å². The molecule has 0 bridgehead atoms. The van der Waals surface area contributed by atoms with Crippen LogP contribution in [-0.4, -0.2) is 17.7 Å². The summed E-state index contributed by atoms with van der Waals surface area (Å²) in [7, 11) is 0. The Morgan fingerprint density at radius 2 is 1.94 bits per heavy atom. The highest BCUT2D eigenvalue weighted by Gasteiger charge is 2.34. The Balaban J connectivity index is 1.77. The van der Waals surface area contributed by atoms with E-state index in [1.54, 1.807) is 0 Å². The zero-order chi connectivity index (χ0) is 11.8. The van der Waals surface area contributed by atoms with Gasteiger partial charge in [-0.05, 0) is 31.2 Å². The summed E-state index contributed by atoms with van der Waals surface area (Å²) in [6.45, 7) is 0. The molecule has 3 heteroatoms. The average Bonchev–Trinajstić information content (AvgIpc) is 3.17. The fourth-order valence-corrected chi connectivity index (χ4v) is 2.37. The summed E-state index contributed by atoms with van der Waals surface area (Å²) in [6.07, 6.45) is 3.55. The molecule has 0 aliphatic heterocycles. The minimum atomic E-state index is -0.307. The summed E-state index contributed by atoms with van der Waals surface area (Å²) in [4.78, 5) is 23.8. The minimum Gasteiger partial charge on any atom is -0.346 e. The van der Waals surface area contributed by atoms with E-state index in [1.165, 1.54) is 0 Å². The van der Waals surface area contributed by atoms with Crippen LogP contribution in [0, 0.1) is 5.92 Å². The Morgan fingerprint density at radius 3 is 2.71 bits per heavy atom. The first-order chi connectivity index (χ1) is 8.25. The van der Waals surface area contributed by atoms with Gasteiger partial charge in [-0.2, -0.15) is 0 Å². The first kappa shape index (κ1) is 10.5. The van der Waals surface area contributed by atoms with Crippen molar-refractivity contribution < 1.29 is 9.59 Å². The van der Waals surface area contributed by atoms with Gasteiger partial charge in [-0.1, -0.05) is 24.3 Å². The number of aryl methyl sites for hydroxylation is 1. The molecule has 0 unspecified atom stereocenters. The van der Waals surface area contributed by atoms with E-state index >= 15 is 0 Å². The Kier molecular flexibility index (Phi) is 2.46. The zero-order valence-electron chi connectivity index (χ0n) is 9.61. The fourth-order valence-electron chi connectivity index (χ4n) is 2.37. The van der Waals surface area contributed by atoms with Crippen molar-refractivity contribution in [2.24, 2.45) is 5.92 Å². The van der Waals surface area contributed by atoms with Crippen molar-refractivity contribution in [2.75, 3.05) is 0 Å². The van der Waals surface area contributed by atoms with Crippen LogP contribution in [0.15, 0.2) is 24.3 Å². The Hall–Kier alpha value is -1.64. The molecule has 0 aromatic heterocycles. The molecule has 1 N–H and O–H groups in total. The van der Waals surface area contributed by atoms with Gasteiger partial charge in [0.15, 0.2) is 5.78 Å². The van der Waals surface area contributed by atoms with E-state index in [4.69, 9.17) is 0 Å². The van der Waals surface area contributed by atoms with Crippen LogP contribution in [0.2, 0.25) is 0 Å². The maximum absolute atomic E-state index is 12.2. The fraction of sp³-hybridized carbons (Fsp3) is 0.429. The Bertz CT molecular complexity index is 477. The topological polar surface area (TPSA) is 46.2 Å². The number of nitrogens with one attached hydrogen (secondary N) is 1. The molecule has 2 aliphatic carbocycles. The summed E-state index contributed by atoms with van der Waals surface area (Å²) in [6, 6.07) is 7.37. The second kappa shape index (κ2) is 3.99. The van der Waals surface area contributed by atoms with Crippen molar-refractivity contribution >= 4 is 11.7 Å². The first-order valence-electron chi connectivity index (χ1n) is 6.18. The van der Waals surface area contributed by atoms with Gasteiger partial charge >= 0.3 is 0 Å². The van der Waals surface area contributed by atoms with Crippen molar-refractivity contribution in [3.05, 3.63) is 35.4 Å². The number of ketones is 1. The number of hydrogen-bond acceptors (Lipinski definition) is 2. The number of carbonyl (C=O) groups is 2. The van der Waals surface area contributed by atoms with E-state index in [2.05, 4.69) is 5.32 Å². The quantitative estimate of drug-likeness (QED) is 0.839. The van der Waals surface area contributed by atoms with Crippen molar-refractivity contribution in [3.63, 3.8) is 0 Å². The van der Waals surface area contributed by atoms with Gasteiger partial charge in [0.2, 0.25) is 5.91 Å². The molecule has 1 saturated carbocycles. The molecule has 1 aromatic carbocycles. The van der Waals surface area contributed by atoms with Crippen LogP contribution in [0.3, 0.4) is 0 Å². The standard InChI is InChI=1S/C14H15NO2/c16-13-11-4-2-1-3-9(11)7-8-12(13)15-14(17)10-5-6-10/h1-4,10,12H,5-8H2,(H,15,17)/t12-/m0/s1. The van der Waals surface area contributed by atoms with Gasteiger partial charge in [-0.15, -0.1) is 0 Å². The van der Waals surface area contributed by atoms with Crippen molar-refractivity contribution in [1.29, 1.82) is 0 Å². The normalized spacial score (nSPS) is 23.1. The molecule has 2 aliphatic rings. The number of amides is 1. The van der Waals surface area contributed by atoms with Gasteiger partial charge in [0, 0.05) is 11.5 Å². The lowest BCUT2D eigenvalue weighted by atomic mass is 9.87. The number of Topliss-reactive ketones (excluding diaryl/α,β-unsaturated/α-hetero) is 1. The summed E-state index contributed by atoms with van der Waals surface area (Å²) in [5.41, 5.74) is 1.88. The van der Waals surface area contributed by atoms with Gasteiger partial charge in [0.25, 0.3) is 0 Å². The SMILES string of the molecule is O=C(N[C@H]1CCc2ccccc2C1=O)C1CC1. The maximum atomic E-state index is 12.2. The van der Waals surface area contributed by atoms with E-state index in [9.17, 15) is 9.59 Å². The molecule has 0 saturated heterocycles. The van der Waals surface area contributed by atoms with Gasteiger partial charge in [-0.3, -0.25) is 9.59 Å². The Labute approximate surface area is 100 Å². The van der Waals surface area contributed by atoms with Crippen LogP contribution in [0.1, 0.15) is 35.2 Å². The molecule has 17 heavy (non-hydrogen) atoms.